The SMILES string of the molecule is CCC(NC(=O)NCCc1ccnn1C)C(=O)O. The molecule has 0 radical (unpaired) electrons. The fourth-order valence-corrected chi connectivity index (χ4v) is 1.50. The lowest BCUT2D eigenvalue weighted by Gasteiger charge is -2.13. The summed E-state index contributed by atoms with van der Waals surface area (Å²) in [6.45, 7) is 2.14. The summed E-state index contributed by atoms with van der Waals surface area (Å²) >= 11 is 0. The molecule has 0 saturated heterocycles. The molecule has 18 heavy (non-hydrogen) atoms. The first-order valence-electron chi connectivity index (χ1n) is 5.78. The number of amides is 2. The number of hydrogen-bond donors (Lipinski definition) is 3. The summed E-state index contributed by atoms with van der Waals surface area (Å²) in [5, 5.41) is 17.8. The van der Waals surface area contributed by atoms with E-state index in [1.165, 1.54) is 0 Å². The summed E-state index contributed by atoms with van der Waals surface area (Å²) in [6.07, 6.45) is 2.69. The van der Waals surface area contributed by atoms with E-state index in [1.807, 2.05) is 13.1 Å². The number of aliphatic carboxylic acids is 1. The second-order valence-corrected chi connectivity index (χ2v) is 3.90. The standard InChI is InChI=1S/C11H18N4O3/c1-3-9(10(16)17)14-11(18)12-6-4-8-5-7-13-15(8)2/h5,7,9H,3-4,6H2,1-2H3,(H,16,17)(H2,12,14,18). The van der Waals surface area contributed by atoms with Crippen LogP contribution in [0.25, 0.3) is 0 Å². The van der Waals surface area contributed by atoms with Gasteiger partial charge in [0.2, 0.25) is 0 Å². The van der Waals surface area contributed by atoms with Crippen molar-refractivity contribution in [3.05, 3.63) is 18.0 Å². The van der Waals surface area contributed by atoms with Crippen molar-refractivity contribution in [2.24, 2.45) is 7.05 Å². The van der Waals surface area contributed by atoms with Gasteiger partial charge in [-0.15, -0.1) is 0 Å². The van der Waals surface area contributed by atoms with Crippen molar-refractivity contribution < 1.29 is 14.7 Å². The van der Waals surface area contributed by atoms with Gasteiger partial charge in [0.15, 0.2) is 0 Å². The zero-order chi connectivity index (χ0) is 13.5. The Hall–Kier alpha value is -2.05. The number of rotatable bonds is 6. The van der Waals surface area contributed by atoms with Crippen LogP contribution in [0.5, 0.6) is 0 Å². The van der Waals surface area contributed by atoms with Crippen molar-refractivity contribution in [2.45, 2.75) is 25.8 Å². The van der Waals surface area contributed by atoms with Crippen molar-refractivity contribution in [1.29, 1.82) is 0 Å². The number of hydrogen-bond acceptors (Lipinski definition) is 3. The first kappa shape index (κ1) is 14.0. The van der Waals surface area contributed by atoms with E-state index < -0.39 is 18.0 Å². The zero-order valence-electron chi connectivity index (χ0n) is 10.5. The summed E-state index contributed by atoms with van der Waals surface area (Å²) in [4.78, 5) is 22.1. The third kappa shape index (κ3) is 4.08. The van der Waals surface area contributed by atoms with E-state index in [0.717, 1.165) is 5.69 Å². The van der Waals surface area contributed by atoms with E-state index in [2.05, 4.69) is 15.7 Å². The predicted octanol–water partition coefficient (Wildman–Crippen LogP) is 0.125. The molecule has 0 bridgehead atoms. The molecule has 0 aliphatic rings. The molecule has 0 saturated carbocycles. The number of carboxylic acids is 1. The van der Waals surface area contributed by atoms with Crippen molar-refractivity contribution in [3.63, 3.8) is 0 Å². The van der Waals surface area contributed by atoms with Crippen molar-refractivity contribution in [1.82, 2.24) is 20.4 Å². The number of nitrogens with zero attached hydrogens (tertiary/aromatic N) is 2. The molecule has 3 N–H and O–H groups in total. The predicted molar refractivity (Wildman–Crippen MR) is 65.2 cm³/mol. The maximum absolute atomic E-state index is 11.4. The minimum absolute atomic E-state index is 0.352. The lowest BCUT2D eigenvalue weighted by molar-refractivity contribution is -0.139. The summed E-state index contributed by atoms with van der Waals surface area (Å²) < 4.78 is 1.73. The molecule has 0 aromatic carbocycles. The Kier molecular flexibility index (Phi) is 5.16. The first-order valence-corrected chi connectivity index (χ1v) is 5.78. The molecule has 0 aliphatic carbocycles. The van der Waals surface area contributed by atoms with Crippen LogP contribution in [0.1, 0.15) is 19.0 Å². The smallest absolute Gasteiger partial charge is 0.326 e. The van der Waals surface area contributed by atoms with E-state index in [4.69, 9.17) is 5.11 Å². The molecule has 1 aromatic heterocycles. The molecular formula is C11H18N4O3. The molecule has 0 aliphatic heterocycles. The van der Waals surface area contributed by atoms with E-state index in [0.29, 0.717) is 19.4 Å². The quantitative estimate of drug-likeness (QED) is 0.672. The van der Waals surface area contributed by atoms with Gasteiger partial charge >= 0.3 is 12.0 Å². The van der Waals surface area contributed by atoms with Gasteiger partial charge in [-0.2, -0.15) is 5.10 Å². The van der Waals surface area contributed by atoms with E-state index in [-0.39, 0.29) is 0 Å². The first-order chi connectivity index (χ1) is 8.54. The topological polar surface area (TPSA) is 96.3 Å². The van der Waals surface area contributed by atoms with Crippen molar-refractivity contribution >= 4 is 12.0 Å². The van der Waals surface area contributed by atoms with Crippen LogP contribution in [0, 0.1) is 0 Å². The fourth-order valence-electron chi connectivity index (χ4n) is 1.50. The van der Waals surface area contributed by atoms with Crippen molar-refractivity contribution in [3.8, 4) is 0 Å². The average Bonchev–Trinajstić information content (AvgIpc) is 2.71. The highest BCUT2D eigenvalue weighted by molar-refractivity contribution is 5.82. The maximum Gasteiger partial charge on any atom is 0.326 e. The minimum atomic E-state index is -1.03. The molecule has 1 unspecified atom stereocenters. The Balaban J connectivity index is 2.29. The van der Waals surface area contributed by atoms with Gasteiger partial charge in [0, 0.05) is 31.9 Å². The number of carboxylic acid groups (broad SMARTS) is 1. The average molecular weight is 254 g/mol. The lowest BCUT2D eigenvalue weighted by Crippen LogP contribution is -2.46. The lowest BCUT2D eigenvalue weighted by atomic mass is 10.2. The highest BCUT2D eigenvalue weighted by Gasteiger charge is 2.16. The molecule has 0 spiro atoms. The third-order valence-corrected chi connectivity index (χ3v) is 2.60. The highest BCUT2D eigenvalue weighted by atomic mass is 16.4. The van der Waals surface area contributed by atoms with Crippen LogP contribution in [0.2, 0.25) is 0 Å². The van der Waals surface area contributed by atoms with Gasteiger partial charge in [-0.05, 0) is 12.5 Å². The van der Waals surface area contributed by atoms with E-state index >= 15 is 0 Å². The molecule has 1 atom stereocenters. The molecule has 1 heterocycles. The van der Waals surface area contributed by atoms with Gasteiger partial charge in [-0.3, -0.25) is 4.68 Å². The molecule has 100 valence electrons. The van der Waals surface area contributed by atoms with Crippen LogP contribution >= 0.6 is 0 Å². The summed E-state index contributed by atoms with van der Waals surface area (Å²) in [6, 6.07) is 0.555. The van der Waals surface area contributed by atoms with Crippen LogP contribution in [0.3, 0.4) is 0 Å². The Morgan fingerprint density at radius 3 is 2.78 bits per heavy atom. The number of urea groups is 1. The number of carbonyl (C=O) groups is 2. The molecule has 1 rings (SSSR count). The number of carbonyl (C=O) groups excluding carboxylic acids is 1. The third-order valence-electron chi connectivity index (χ3n) is 2.60. The van der Waals surface area contributed by atoms with E-state index in [1.54, 1.807) is 17.8 Å². The second kappa shape index (κ2) is 6.63. The van der Waals surface area contributed by atoms with E-state index in [9.17, 15) is 9.59 Å². The Morgan fingerprint density at radius 2 is 2.28 bits per heavy atom. The minimum Gasteiger partial charge on any atom is -0.480 e. The van der Waals surface area contributed by atoms with Gasteiger partial charge in [0.25, 0.3) is 0 Å². The second-order valence-electron chi connectivity index (χ2n) is 3.90. The zero-order valence-corrected chi connectivity index (χ0v) is 10.5. The normalized spacial score (nSPS) is 11.9. The summed E-state index contributed by atoms with van der Waals surface area (Å²) in [5.41, 5.74) is 1.00. The molecule has 7 nitrogen and oxygen atoms in total. The van der Waals surface area contributed by atoms with Gasteiger partial charge in [0.05, 0.1) is 0 Å². The summed E-state index contributed by atoms with van der Waals surface area (Å²) in [7, 11) is 1.83. The molecule has 0 fully saturated rings. The molecule has 1 aromatic rings. The van der Waals surface area contributed by atoms with Crippen LogP contribution in [0.4, 0.5) is 4.79 Å². The van der Waals surface area contributed by atoms with Crippen LogP contribution in [-0.2, 0) is 18.3 Å². The Bertz CT molecular complexity index is 416. The summed E-state index contributed by atoms with van der Waals surface area (Å²) in [5.74, 6) is -1.03. The van der Waals surface area contributed by atoms with Crippen molar-refractivity contribution in [2.75, 3.05) is 6.54 Å². The molecule has 7 heteroatoms. The maximum atomic E-state index is 11.4. The largest absolute Gasteiger partial charge is 0.480 e. The van der Waals surface area contributed by atoms with Gasteiger partial charge in [-0.25, -0.2) is 9.59 Å². The van der Waals surface area contributed by atoms with Crippen LogP contribution in [0.15, 0.2) is 12.3 Å². The monoisotopic (exact) mass is 254 g/mol. The molecular weight excluding hydrogens is 236 g/mol. The number of aromatic nitrogens is 2. The van der Waals surface area contributed by atoms with Gasteiger partial charge < -0.3 is 15.7 Å². The van der Waals surface area contributed by atoms with Crippen LogP contribution < -0.4 is 10.6 Å². The fraction of sp³-hybridized carbons (Fsp3) is 0.545. The Labute approximate surface area is 105 Å². The van der Waals surface area contributed by atoms with Gasteiger partial charge in [0.1, 0.15) is 6.04 Å². The number of aryl methyl sites for hydroxylation is 1. The highest BCUT2D eigenvalue weighted by Crippen LogP contribution is 1.96. The molecule has 2 amide bonds. The van der Waals surface area contributed by atoms with Gasteiger partial charge in [-0.1, -0.05) is 6.92 Å². The van der Waals surface area contributed by atoms with Crippen LogP contribution in [-0.4, -0.2) is 39.5 Å². The number of nitrogens with one attached hydrogen (secondary N) is 2. The Morgan fingerprint density at radius 1 is 1.56 bits per heavy atom.